The van der Waals surface area contributed by atoms with Crippen LogP contribution in [0, 0.1) is 5.92 Å². The zero-order valence-electron chi connectivity index (χ0n) is 45.2. The molecular weight excluding hydrogens is 1020 g/mol. The van der Waals surface area contributed by atoms with E-state index in [4.69, 9.17) is 22.9 Å². The van der Waals surface area contributed by atoms with Gasteiger partial charge >= 0.3 is 0 Å². The number of carbonyl (C=O) groups is 12. The fraction of sp³-hybridized carbons (Fsp3) is 0.654. The summed E-state index contributed by atoms with van der Waals surface area (Å²) in [6.45, 7) is 5.52. The minimum Gasteiger partial charge on any atom is -0.508 e. The first kappa shape index (κ1) is 66.7. The van der Waals surface area contributed by atoms with Crippen molar-refractivity contribution in [3.05, 3.63) is 29.8 Å². The van der Waals surface area contributed by atoms with E-state index in [1.807, 2.05) is 0 Å². The van der Waals surface area contributed by atoms with Crippen LogP contribution < -0.4 is 65.5 Å². The number of aliphatic hydroxyl groups is 1. The molecule has 12 amide bonds. The molecule has 1 heterocycles. The number of hydrogen-bond donors (Lipinski definition) is 14. The highest BCUT2D eigenvalue weighted by molar-refractivity contribution is 5.99. The van der Waals surface area contributed by atoms with Gasteiger partial charge in [-0.25, -0.2) is 0 Å². The summed E-state index contributed by atoms with van der Waals surface area (Å²) >= 11 is 0. The maximum atomic E-state index is 14.2. The molecule has 26 nitrogen and oxygen atoms in total. The summed E-state index contributed by atoms with van der Waals surface area (Å²) in [5, 5.41) is 40.4. The van der Waals surface area contributed by atoms with Crippen LogP contribution in [0.25, 0.3) is 0 Å². The summed E-state index contributed by atoms with van der Waals surface area (Å²) in [5.41, 5.74) is 22.1. The SMILES string of the molecule is CCC(C)CCCCCCCCCCC1CC(=O)N[C@@H](CC(N)=O)C(=O)N[C@@H](Cc2ccc(O)cc2)C(=O)N[C@@H](CC(N)=O)C(=O)N[C@@H](CCC(N)=O)C(=O)NCCCCC(=O)N[C@@H](CC(N)=O)C(=O)N[C@@H]([C@@H](C)O)C(=O)N1. The van der Waals surface area contributed by atoms with Gasteiger partial charge < -0.3 is 75.7 Å². The Morgan fingerprint density at radius 1 is 0.551 bits per heavy atom. The van der Waals surface area contributed by atoms with Crippen LogP contribution in [0.15, 0.2) is 24.3 Å². The van der Waals surface area contributed by atoms with Gasteiger partial charge in [-0.15, -0.1) is 0 Å². The van der Waals surface area contributed by atoms with Crippen molar-refractivity contribution in [3.8, 4) is 5.75 Å². The van der Waals surface area contributed by atoms with Gasteiger partial charge in [0, 0.05) is 38.3 Å². The number of benzene rings is 1. The molecule has 2 unspecified atom stereocenters. The molecule has 0 aliphatic carbocycles. The summed E-state index contributed by atoms with van der Waals surface area (Å²) in [7, 11) is 0. The number of phenols is 1. The second kappa shape index (κ2) is 35.9. The summed E-state index contributed by atoms with van der Waals surface area (Å²) in [5.74, 6) is -11.2. The lowest BCUT2D eigenvalue weighted by atomic mass is 9.99. The average molecular weight is 1100 g/mol. The number of hydrogen-bond acceptors (Lipinski definition) is 14. The number of aliphatic hydroxyl groups excluding tert-OH is 1. The van der Waals surface area contributed by atoms with Gasteiger partial charge in [0.1, 0.15) is 42.0 Å². The molecule has 0 aromatic heterocycles. The van der Waals surface area contributed by atoms with Crippen molar-refractivity contribution in [3.63, 3.8) is 0 Å². The second-order valence-corrected chi connectivity index (χ2v) is 20.1. The van der Waals surface area contributed by atoms with Crippen molar-refractivity contribution in [1.29, 1.82) is 0 Å². The number of nitrogens with two attached hydrogens (primary N) is 4. The van der Waals surface area contributed by atoms with Gasteiger partial charge in [0.15, 0.2) is 0 Å². The lowest BCUT2D eigenvalue weighted by Gasteiger charge is -2.28. The topological polar surface area (TPSA) is 446 Å². The highest BCUT2D eigenvalue weighted by Crippen LogP contribution is 2.17. The van der Waals surface area contributed by atoms with Crippen LogP contribution in [0.2, 0.25) is 0 Å². The first-order valence-electron chi connectivity index (χ1n) is 26.9. The van der Waals surface area contributed by atoms with E-state index in [1.165, 1.54) is 37.6 Å². The van der Waals surface area contributed by atoms with E-state index in [9.17, 15) is 67.7 Å². The molecule has 78 heavy (non-hydrogen) atoms. The zero-order valence-corrected chi connectivity index (χ0v) is 45.2. The van der Waals surface area contributed by atoms with Gasteiger partial charge in [0.25, 0.3) is 0 Å². The summed E-state index contributed by atoms with van der Waals surface area (Å²) < 4.78 is 0. The highest BCUT2D eigenvalue weighted by Gasteiger charge is 2.35. The Morgan fingerprint density at radius 2 is 1.04 bits per heavy atom. The van der Waals surface area contributed by atoms with E-state index in [0.29, 0.717) is 24.3 Å². The minimum absolute atomic E-state index is 0.0948. The van der Waals surface area contributed by atoms with E-state index < -0.39 is 151 Å². The van der Waals surface area contributed by atoms with E-state index in [2.05, 4.69) is 56.4 Å². The van der Waals surface area contributed by atoms with Crippen LogP contribution in [0.4, 0.5) is 0 Å². The average Bonchev–Trinajstić information content (AvgIpc) is 3.35. The summed E-state index contributed by atoms with van der Waals surface area (Å²) in [6, 6.07) is -5.59. The van der Waals surface area contributed by atoms with Crippen LogP contribution in [0.5, 0.6) is 5.75 Å². The zero-order chi connectivity index (χ0) is 58.3. The molecule has 1 aromatic carbocycles. The number of amides is 12. The minimum atomic E-state index is -1.80. The fourth-order valence-corrected chi connectivity index (χ4v) is 8.49. The Bertz CT molecular complexity index is 2200. The molecule has 1 saturated heterocycles. The molecule has 436 valence electrons. The lowest BCUT2D eigenvalue weighted by Crippen LogP contribution is -2.60. The molecule has 0 radical (unpaired) electrons. The van der Waals surface area contributed by atoms with Gasteiger partial charge in [-0.3, -0.25) is 57.5 Å². The molecule has 1 aliphatic rings. The molecule has 0 spiro atoms. The van der Waals surface area contributed by atoms with E-state index in [-0.39, 0.29) is 50.8 Å². The predicted octanol–water partition coefficient (Wildman–Crippen LogP) is -1.76. The maximum Gasteiger partial charge on any atom is 0.245 e. The number of aromatic hydroxyl groups is 1. The van der Waals surface area contributed by atoms with Crippen molar-refractivity contribution in [2.45, 2.75) is 204 Å². The molecule has 0 bridgehead atoms. The van der Waals surface area contributed by atoms with Gasteiger partial charge in [-0.2, -0.15) is 0 Å². The second-order valence-electron chi connectivity index (χ2n) is 20.1. The number of nitrogens with one attached hydrogen (secondary N) is 8. The molecule has 1 aliphatic heterocycles. The Labute approximate surface area is 454 Å². The molecule has 1 aromatic rings. The van der Waals surface area contributed by atoms with E-state index >= 15 is 0 Å². The van der Waals surface area contributed by atoms with Crippen molar-refractivity contribution < 1.29 is 67.7 Å². The van der Waals surface area contributed by atoms with Gasteiger partial charge in [0.05, 0.1) is 25.4 Å². The first-order valence-corrected chi connectivity index (χ1v) is 26.9. The molecule has 18 N–H and O–H groups in total. The smallest absolute Gasteiger partial charge is 0.245 e. The van der Waals surface area contributed by atoms with Crippen molar-refractivity contribution >= 4 is 70.9 Å². The number of primary amides is 4. The molecule has 2 rings (SSSR count). The van der Waals surface area contributed by atoms with Crippen molar-refractivity contribution in [2.75, 3.05) is 6.54 Å². The van der Waals surface area contributed by atoms with Crippen LogP contribution >= 0.6 is 0 Å². The fourth-order valence-electron chi connectivity index (χ4n) is 8.49. The van der Waals surface area contributed by atoms with E-state index in [0.717, 1.165) is 44.9 Å². The molecule has 0 saturated carbocycles. The van der Waals surface area contributed by atoms with E-state index in [1.54, 1.807) is 0 Å². The Balaban J connectivity index is 2.61. The van der Waals surface area contributed by atoms with Crippen LogP contribution in [0.3, 0.4) is 0 Å². The normalized spacial score (nSPS) is 22.9. The Kier molecular flexibility index (Phi) is 30.7. The summed E-state index contributed by atoms with van der Waals surface area (Å²) in [4.78, 5) is 159. The molecular formula is C52H84N12O14. The Hall–Kier alpha value is -7.38. The highest BCUT2D eigenvalue weighted by atomic mass is 16.3. The van der Waals surface area contributed by atoms with Crippen LogP contribution in [-0.2, 0) is 64.0 Å². The Morgan fingerprint density at radius 3 is 1.58 bits per heavy atom. The third-order valence-corrected chi connectivity index (χ3v) is 13.1. The van der Waals surface area contributed by atoms with Crippen LogP contribution in [0.1, 0.15) is 155 Å². The number of unbranched alkanes of at least 4 members (excludes halogenated alkanes) is 7. The maximum absolute atomic E-state index is 14.2. The number of carbonyl (C=O) groups excluding carboxylic acids is 12. The lowest BCUT2D eigenvalue weighted by molar-refractivity contribution is -0.136. The van der Waals surface area contributed by atoms with Crippen molar-refractivity contribution in [2.24, 2.45) is 28.9 Å². The number of rotatable bonds is 24. The third kappa shape index (κ3) is 27.6. The molecule has 1 fully saturated rings. The van der Waals surface area contributed by atoms with Gasteiger partial charge in [-0.1, -0.05) is 90.2 Å². The molecule has 26 heteroatoms. The monoisotopic (exact) mass is 1100 g/mol. The largest absolute Gasteiger partial charge is 0.508 e. The van der Waals surface area contributed by atoms with Gasteiger partial charge in [-0.05, 0) is 56.2 Å². The summed E-state index contributed by atoms with van der Waals surface area (Å²) in [6.07, 6.45) is 4.37. The quantitative estimate of drug-likeness (QED) is 0.0511. The van der Waals surface area contributed by atoms with Crippen molar-refractivity contribution in [1.82, 2.24) is 42.5 Å². The third-order valence-electron chi connectivity index (χ3n) is 13.1. The first-order chi connectivity index (χ1) is 36.9. The van der Waals surface area contributed by atoms with Crippen LogP contribution in [-0.4, -0.2) is 136 Å². The number of phenolic OH excluding ortho intramolecular Hbond substituents is 1. The predicted molar refractivity (Wildman–Crippen MR) is 284 cm³/mol. The standard InChI is InChI=1S/C52H84N12O14/c1-4-30(2)15-11-9-7-5-6-8-10-12-16-33-26-45(72)60-37(27-41(54)68)49(75)62-36(25-32-18-20-34(66)21-19-32)48(74)63-39(29-43(56)70)50(76)61-35(22-23-40(53)67)47(73)57-24-14-13-17-44(71)59-38(28-42(55)69)51(77)64-46(31(3)65)52(78)58-33/h18-21,30-31,33,35-39,46,65-66H,4-17,22-29H2,1-3H3,(H2,53,67)(H2,54,68)(H2,55,69)(H2,56,70)(H,57,73)(H,58,78)(H,59,71)(H,60,72)(H,61,76)(H,62,75)(H,63,74)(H,64,77)/t30?,31-,33?,35+,36+,37+,38+,39+,46+/m1/s1. The van der Waals surface area contributed by atoms with Gasteiger partial charge in [0.2, 0.25) is 70.9 Å². The molecule has 9 atom stereocenters.